The number of ether oxygens (including phenoxy) is 1. The molecule has 2 aromatic rings. The highest BCUT2D eigenvalue weighted by molar-refractivity contribution is 9.10. The molecule has 1 heterocycles. The third-order valence-corrected chi connectivity index (χ3v) is 3.83. The maximum Gasteiger partial charge on any atom is 0.127 e. The highest BCUT2D eigenvalue weighted by atomic mass is 79.9. The summed E-state index contributed by atoms with van der Waals surface area (Å²) in [5.41, 5.74) is 2.33. The molecule has 0 amide bonds. The fraction of sp³-hybridized carbons (Fsp3) is 0.250. The van der Waals surface area contributed by atoms with E-state index in [1.807, 2.05) is 18.2 Å². The molecule has 0 aromatic heterocycles. The normalized spacial score (nSPS) is 18.5. The fourth-order valence-corrected chi connectivity index (χ4v) is 2.72. The lowest BCUT2D eigenvalue weighted by atomic mass is 10.0. The van der Waals surface area contributed by atoms with Crippen LogP contribution in [0.15, 0.2) is 53.0 Å². The smallest absolute Gasteiger partial charge is 0.127 e. The van der Waals surface area contributed by atoms with Crippen molar-refractivity contribution < 1.29 is 4.74 Å². The Labute approximate surface area is 121 Å². The Hall–Kier alpha value is -1.32. The maximum atomic E-state index is 6.13. The van der Waals surface area contributed by atoms with Gasteiger partial charge in [-0.3, -0.25) is 0 Å². The first-order valence-corrected chi connectivity index (χ1v) is 7.34. The monoisotopic (exact) mass is 317 g/mol. The highest BCUT2D eigenvalue weighted by Gasteiger charge is 2.18. The van der Waals surface area contributed by atoms with Crippen LogP contribution in [0.1, 0.15) is 6.42 Å². The number of benzene rings is 2. The Morgan fingerprint density at radius 1 is 1.11 bits per heavy atom. The standard InChI is InChI=1S/C16H16BrNO/c17-13-6-7-16(19-14-8-9-18-11-14)15(10-13)12-4-2-1-3-5-12/h1-7,10,14,18H,8-9,11H2. The zero-order valence-electron chi connectivity index (χ0n) is 10.6. The minimum Gasteiger partial charge on any atom is -0.488 e. The van der Waals surface area contributed by atoms with Crippen molar-refractivity contribution in [3.63, 3.8) is 0 Å². The van der Waals surface area contributed by atoms with Crippen LogP contribution in [0.5, 0.6) is 5.75 Å². The van der Waals surface area contributed by atoms with Gasteiger partial charge in [-0.15, -0.1) is 0 Å². The molecule has 98 valence electrons. The van der Waals surface area contributed by atoms with Crippen LogP contribution in [0.3, 0.4) is 0 Å². The molecule has 2 nitrogen and oxygen atoms in total. The SMILES string of the molecule is Brc1ccc(OC2CCNC2)c(-c2ccccc2)c1. The van der Waals surface area contributed by atoms with E-state index in [0.717, 1.165) is 35.3 Å². The van der Waals surface area contributed by atoms with Crippen molar-refractivity contribution in [1.29, 1.82) is 0 Å². The lowest BCUT2D eigenvalue weighted by molar-refractivity contribution is 0.224. The molecule has 1 atom stereocenters. The van der Waals surface area contributed by atoms with Crippen molar-refractivity contribution in [2.24, 2.45) is 0 Å². The first kappa shape index (κ1) is 12.7. The van der Waals surface area contributed by atoms with E-state index in [9.17, 15) is 0 Å². The van der Waals surface area contributed by atoms with Gasteiger partial charge < -0.3 is 10.1 Å². The van der Waals surface area contributed by atoms with E-state index in [1.165, 1.54) is 5.56 Å². The van der Waals surface area contributed by atoms with Crippen LogP contribution in [0, 0.1) is 0 Å². The summed E-state index contributed by atoms with van der Waals surface area (Å²) in [5, 5.41) is 3.33. The summed E-state index contributed by atoms with van der Waals surface area (Å²) in [6.07, 6.45) is 1.35. The summed E-state index contributed by atoms with van der Waals surface area (Å²) in [4.78, 5) is 0. The van der Waals surface area contributed by atoms with Gasteiger partial charge in [0.25, 0.3) is 0 Å². The molecule has 1 unspecified atom stereocenters. The molecule has 1 N–H and O–H groups in total. The lowest BCUT2D eigenvalue weighted by Gasteiger charge is -2.16. The Morgan fingerprint density at radius 3 is 2.68 bits per heavy atom. The third-order valence-electron chi connectivity index (χ3n) is 3.34. The van der Waals surface area contributed by atoms with E-state index in [1.54, 1.807) is 0 Å². The van der Waals surface area contributed by atoms with E-state index in [2.05, 4.69) is 51.6 Å². The minimum absolute atomic E-state index is 0.281. The van der Waals surface area contributed by atoms with E-state index in [-0.39, 0.29) is 6.10 Å². The van der Waals surface area contributed by atoms with Crippen LogP contribution in [0.2, 0.25) is 0 Å². The van der Waals surface area contributed by atoms with Gasteiger partial charge in [-0.2, -0.15) is 0 Å². The van der Waals surface area contributed by atoms with E-state index in [4.69, 9.17) is 4.74 Å². The quantitative estimate of drug-likeness (QED) is 0.928. The van der Waals surface area contributed by atoms with Gasteiger partial charge in [0, 0.05) is 16.6 Å². The van der Waals surface area contributed by atoms with E-state index >= 15 is 0 Å². The summed E-state index contributed by atoms with van der Waals surface area (Å²) in [6.45, 7) is 1.98. The number of rotatable bonds is 3. The second kappa shape index (κ2) is 5.76. The van der Waals surface area contributed by atoms with Gasteiger partial charge in [0.05, 0.1) is 0 Å². The molecule has 19 heavy (non-hydrogen) atoms. The van der Waals surface area contributed by atoms with Crippen LogP contribution in [0.4, 0.5) is 0 Å². The Bertz CT molecular complexity index is 550. The molecule has 0 spiro atoms. The summed E-state index contributed by atoms with van der Waals surface area (Å²) < 4.78 is 7.20. The van der Waals surface area contributed by atoms with Gasteiger partial charge >= 0.3 is 0 Å². The molecule has 1 aliphatic heterocycles. The van der Waals surface area contributed by atoms with Crippen molar-refractivity contribution in [1.82, 2.24) is 5.32 Å². The topological polar surface area (TPSA) is 21.3 Å². The molecule has 0 aliphatic carbocycles. The number of hydrogen-bond acceptors (Lipinski definition) is 2. The first-order chi connectivity index (χ1) is 9.33. The Balaban J connectivity index is 1.94. The summed E-state index contributed by atoms with van der Waals surface area (Å²) in [5.74, 6) is 0.961. The molecular weight excluding hydrogens is 302 g/mol. The highest BCUT2D eigenvalue weighted by Crippen LogP contribution is 2.33. The predicted octanol–water partition coefficient (Wildman–Crippen LogP) is 3.86. The third kappa shape index (κ3) is 2.99. The average Bonchev–Trinajstić information content (AvgIpc) is 2.95. The largest absolute Gasteiger partial charge is 0.488 e. The van der Waals surface area contributed by atoms with Crippen LogP contribution >= 0.6 is 15.9 Å². The molecule has 1 saturated heterocycles. The summed E-state index contributed by atoms with van der Waals surface area (Å²) in [6, 6.07) is 16.6. The summed E-state index contributed by atoms with van der Waals surface area (Å²) >= 11 is 3.54. The average molecular weight is 318 g/mol. The number of nitrogens with one attached hydrogen (secondary N) is 1. The van der Waals surface area contributed by atoms with Gasteiger partial charge in [0.15, 0.2) is 0 Å². The summed E-state index contributed by atoms with van der Waals surface area (Å²) in [7, 11) is 0. The molecular formula is C16H16BrNO. The van der Waals surface area contributed by atoms with Gasteiger partial charge in [0.2, 0.25) is 0 Å². The van der Waals surface area contributed by atoms with Crippen molar-refractivity contribution in [3.8, 4) is 16.9 Å². The first-order valence-electron chi connectivity index (χ1n) is 6.55. The molecule has 0 radical (unpaired) electrons. The minimum atomic E-state index is 0.281. The van der Waals surface area contributed by atoms with Gasteiger partial charge in [-0.1, -0.05) is 46.3 Å². The van der Waals surface area contributed by atoms with Gasteiger partial charge in [-0.05, 0) is 36.7 Å². The molecule has 3 rings (SSSR count). The van der Waals surface area contributed by atoms with Crippen LogP contribution in [-0.2, 0) is 0 Å². The molecule has 3 heteroatoms. The number of halogens is 1. The molecule has 0 saturated carbocycles. The molecule has 1 fully saturated rings. The van der Waals surface area contributed by atoms with Gasteiger partial charge in [0.1, 0.15) is 11.9 Å². The number of hydrogen-bond donors (Lipinski definition) is 1. The van der Waals surface area contributed by atoms with Crippen LogP contribution in [0.25, 0.3) is 11.1 Å². The zero-order valence-corrected chi connectivity index (χ0v) is 12.2. The Morgan fingerprint density at radius 2 is 1.95 bits per heavy atom. The fourth-order valence-electron chi connectivity index (χ4n) is 2.36. The zero-order chi connectivity index (χ0) is 13.1. The molecule has 2 aromatic carbocycles. The van der Waals surface area contributed by atoms with Crippen LogP contribution < -0.4 is 10.1 Å². The maximum absolute atomic E-state index is 6.13. The van der Waals surface area contributed by atoms with Crippen LogP contribution in [-0.4, -0.2) is 19.2 Å². The Kier molecular flexibility index (Phi) is 3.85. The van der Waals surface area contributed by atoms with Crippen molar-refractivity contribution >= 4 is 15.9 Å². The van der Waals surface area contributed by atoms with Crippen molar-refractivity contribution in [2.75, 3.05) is 13.1 Å². The lowest BCUT2D eigenvalue weighted by Crippen LogP contribution is -2.19. The van der Waals surface area contributed by atoms with Crippen molar-refractivity contribution in [3.05, 3.63) is 53.0 Å². The van der Waals surface area contributed by atoms with E-state index < -0.39 is 0 Å². The van der Waals surface area contributed by atoms with Crippen molar-refractivity contribution in [2.45, 2.75) is 12.5 Å². The predicted molar refractivity (Wildman–Crippen MR) is 81.5 cm³/mol. The molecule has 1 aliphatic rings. The second-order valence-corrected chi connectivity index (χ2v) is 5.65. The van der Waals surface area contributed by atoms with Gasteiger partial charge in [-0.25, -0.2) is 0 Å². The second-order valence-electron chi connectivity index (χ2n) is 4.74. The molecule has 0 bridgehead atoms. The van der Waals surface area contributed by atoms with E-state index in [0.29, 0.717) is 0 Å².